The predicted molar refractivity (Wildman–Crippen MR) is 74.0 cm³/mol. The first-order valence-electron chi connectivity index (χ1n) is 6.44. The smallest absolute Gasteiger partial charge is 0.319 e. The zero-order valence-electron chi connectivity index (χ0n) is 11.3. The molecule has 1 aromatic rings. The van der Waals surface area contributed by atoms with Crippen LogP contribution in [0.2, 0.25) is 0 Å². The van der Waals surface area contributed by atoms with Crippen molar-refractivity contribution in [1.82, 2.24) is 10.2 Å². The van der Waals surface area contributed by atoms with Gasteiger partial charge in [-0.05, 0) is 31.0 Å². The number of benzene rings is 1. The molecule has 1 aliphatic heterocycles. The Bertz CT molecular complexity index is 487. The lowest BCUT2D eigenvalue weighted by molar-refractivity contribution is -0.127. The molecule has 1 heterocycles. The Balaban J connectivity index is 1.84. The van der Waals surface area contributed by atoms with E-state index in [1.54, 1.807) is 11.8 Å². The van der Waals surface area contributed by atoms with Gasteiger partial charge in [0.1, 0.15) is 0 Å². The first kappa shape index (κ1) is 13.4. The van der Waals surface area contributed by atoms with Gasteiger partial charge in [-0.2, -0.15) is 0 Å². The lowest BCUT2D eigenvalue weighted by Crippen LogP contribution is -2.40. The van der Waals surface area contributed by atoms with Crippen molar-refractivity contribution in [2.75, 3.05) is 18.4 Å². The van der Waals surface area contributed by atoms with Crippen molar-refractivity contribution in [3.63, 3.8) is 0 Å². The number of aryl methyl sites for hydroxylation is 1. The summed E-state index contributed by atoms with van der Waals surface area (Å²) in [6.07, 6.45) is 0.806. The van der Waals surface area contributed by atoms with Crippen LogP contribution in [0.5, 0.6) is 0 Å². The maximum absolute atomic E-state index is 11.8. The number of anilines is 1. The molecule has 19 heavy (non-hydrogen) atoms. The summed E-state index contributed by atoms with van der Waals surface area (Å²) >= 11 is 0. The number of hydrogen-bond donors (Lipinski definition) is 2. The van der Waals surface area contributed by atoms with E-state index in [0.717, 1.165) is 17.7 Å². The molecule has 0 unspecified atom stereocenters. The molecule has 1 fully saturated rings. The topological polar surface area (TPSA) is 61.4 Å². The minimum Gasteiger partial charge on any atom is -0.341 e. The molecule has 0 saturated carbocycles. The largest absolute Gasteiger partial charge is 0.341 e. The van der Waals surface area contributed by atoms with E-state index in [-0.39, 0.29) is 18.0 Å². The molecular formula is C14H19N3O2. The number of nitrogens with one attached hydrogen (secondary N) is 2. The average Bonchev–Trinajstić information content (AvgIpc) is 2.77. The molecule has 1 aromatic carbocycles. The van der Waals surface area contributed by atoms with Crippen molar-refractivity contribution < 1.29 is 9.59 Å². The van der Waals surface area contributed by atoms with Crippen LogP contribution >= 0.6 is 0 Å². The highest BCUT2D eigenvalue weighted by atomic mass is 16.2. The third-order valence-corrected chi connectivity index (χ3v) is 3.24. The van der Waals surface area contributed by atoms with Gasteiger partial charge in [0.05, 0.1) is 0 Å². The number of nitrogens with zero attached hydrogens (tertiary/aromatic N) is 1. The summed E-state index contributed by atoms with van der Waals surface area (Å²) in [5.74, 6) is 0.0587. The van der Waals surface area contributed by atoms with E-state index < -0.39 is 0 Å². The Hall–Kier alpha value is -2.04. The van der Waals surface area contributed by atoms with Crippen LogP contribution in [0.1, 0.15) is 18.9 Å². The van der Waals surface area contributed by atoms with Crippen LogP contribution in [0, 0.1) is 6.92 Å². The van der Waals surface area contributed by atoms with E-state index >= 15 is 0 Å². The van der Waals surface area contributed by atoms with Crippen LogP contribution in [0.15, 0.2) is 24.3 Å². The maximum Gasteiger partial charge on any atom is 0.319 e. The zero-order chi connectivity index (χ0) is 13.8. The minimum absolute atomic E-state index is 0.0358. The Morgan fingerprint density at radius 1 is 1.37 bits per heavy atom. The van der Waals surface area contributed by atoms with Crippen molar-refractivity contribution in [2.24, 2.45) is 0 Å². The standard InChI is InChI=1S/C14H19N3O2/c1-10-4-3-5-12(8-10)15-14(19)16-13-6-7-17(9-13)11(2)18/h3-5,8,13H,6-7,9H2,1-2H3,(H2,15,16,19)/t13-/m1/s1. The van der Waals surface area contributed by atoms with Gasteiger partial charge in [-0.1, -0.05) is 12.1 Å². The SMILES string of the molecule is CC(=O)N1CC[C@@H](NC(=O)Nc2cccc(C)c2)C1. The molecule has 1 aliphatic rings. The number of likely N-dealkylation sites (tertiary alicyclic amines) is 1. The van der Waals surface area contributed by atoms with Gasteiger partial charge in [-0.15, -0.1) is 0 Å². The van der Waals surface area contributed by atoms with Gasteiger partial charge in [0.15, 0.2) is 0 Å². The van der Waals surface area contributed by atoms with E-state index in [2.05, 4.69) is 10.6 Å². The van der Waals surface area contributed by atoms with Crippen LogP contribution in [0.4, 0.5) is 10.5 Å². The van der Waals surface area contributed by atoms with Crippen molar-refractivity contribution >= 4 is 17.6 Å². The number of amides is 3. The van der Waals surface area contributed by atoms with E-state index in [1.807, 2.05) is 31.2 Å². The van der Waals surface area contributed by atoms with Gasteiger partial charge < -0.3 is 15.5 Å². The summed E-state index contributed by atoms with van der Waals surface area (Å²) in [4.78, 5) is 24.8. The summed E-state index contributed by atoms with van der Waals surface area (Å²) in [5.41, 5.74) is 1.88. The summed E-state index contributed by atoms with van der Waals surface area (Å²) in [6, 6.07) is 7.46. The molecule has 0 spiro atoms. The zero-order valence-corrected chi connectivity index (χ0v) is 11.3. The summed E-state index contributed by atoms with van der Waals surface area (Å²) in [5, 5.41) is 5.69. The second kappa shape index (κ2) is 5.73. The van der Waals surface area contributed by atoms with Crippen LogP contribution < -0.4 is 10.6 Å². The second-order valence-corrected chi connectivity index (χ2v) is 4.92. The van der Waals surface area contributed by atoms with Crippen molar-refractivity contribution in [3.05, 3.63) is 29.8 Å². The second-order valence-electron chi connectivity index (χ2n) is 4.92. The summed E-state index contributed by atoms with van der Waals surface area (Å²) < 4.78 is 0. The molecule has 0 aliphatic carbocycles. The third-order valence-electron chi connectivity index (χ3n) is 3.24. The number of carbonyl (C=O) groups excluding carboxylic acids is 2. The van der Waals surface area contributed by atoms with E-state index in [9.17, 15) is 9.59 Å². The third kappa shape index (κ3) is 3.71. The number of hydrogen-bond acceptors (Lipinski definition) is 2. The lowest BCUT2D eigenvalue weighted by atomic mass is 10.2. The molecule has 102 valence electrons. The molecule has 2 rings (SSSR count). The molecule has 1 saturated heterocycles. The summed E-state index contributed by atoms with van der Waals surface area (Å²) in [6.45, 7) is 4.83. The molecule has 3 amide bonds. The van der Waals surface area contributed by atoms with Crippen LogP contribution in [-0.2, 0) is 4.79 Å². The molecule has 5 heteroatoms. The molecule has 0 bridgehead atoms. The van der Waals surface area contributed by atoms with Crippen LogP contribution in [0.3, 0.4) is 0 Å². The fourth-order valence-corrected chi connectivity index (χ4v) is 2.24. The number of rotatable bonds is 2. The maximum atomic E-state index is 11.8. The Morgan fingerprint density at radius 2 is 2.16 bits per heavy atom. The minimum atomic E-state index is -0.221. The number of carbonyl (C=O) groups is 2. The monoisotopic (exact) mass is 261 g/mol. The first-order chi connectivity index (χ1) is 9.04. The highest BCUT2D eigenvalue weighted by Gasteiger charge is 2.25. The fourth-order valence-electron chi connectivity index (χ4n) is 2.24. The lowest BCUT2D eigenvalue weighted by Gasteiger charge is -2.15. The van der Waals surface area contributed by atoms with Gasteiger partial charge in [0.25, 0.3) is 0 Å². The van der Waals surface area contributed by atoms with Crippen LogP contribution in [-0.4, -0.2) is 36.0 Å². The van der Waals surface area contributed by atoms with E-state index in [4.69, 9.17) is 0 Å². The molecule has 0 radical (unpaired) electrons. The molecule has 1 atom stereocenters. The van der Waals surface area contributed by atoms with Gasteiger partial charge in [-0.3, -0.25) is 4.79 Å². The van der Waals surface area contributed by atoms with Gasteiger partial charge >= 0.3 is 6.03 Å². The molecule has 5 nitrogen and oxygen atoms in total. The molecule has 2 N–H and O–H groups in total. The molecular weight excluding hydrogens is 242 g/mol. The predicted octanol–water partition coefficient (Wildman–Crippen LogP) is 1.74. The first-order valence-corrected chi connectivity index (χ1v) is 6.44. The Labute approximate surface area is 113 Å². The highest BCUT2D eigenvalue weighted by molar-refractivity contribution is 5.89. The van der Waals surface area contributed by atoms with Crippen molar-refractivity contribution in [3.8, 4) is 0 Å². The molecule has 0 aromatic heterocycles. The Morgan fingerprint density at radius 3 is 2.79 bits per heavy atom. The van der Waals surface area contributed by atoms with Gasteiger partial charge in [0.2, 0.25) is 5.91 Å². The van der Waals surface area contributed by atoms with Crippen LogP contribution in [0.25, 0.3) is 0 Å². The van der Waals surface area contributed by atoms with E-state index in [0.29, 0.717) is 13.1 Å². The van der Waals surface area contributed by atoms with Crippen molar-refractivity contribution in [2.45, 2.75) is 26.3 Å². The fraction of sp³-hybridized carbons (Fsp3) is 0.429. The van der Waals surface area contributed by atoms with Gasteiger partial charge in [-0.25, -0.2) is 4.79 Å². The van der Waals surface area contributed by atoms with Gasteiger partial charge in [0, 0.05) is 31.7 Å². The normalized spacial score (nSPS) is 18.2. The van der Waals surface area contributed by atoms with Crippen molar-refractivity contribution in [1.29, 1.82) is 0 Å². The average molecular weight is 261 g/mol. The summed E-state index contributed by atoms with van der Waals surface area (Å²) in [7, 11) is 0. The van der Waals surface area contributed by atoms with E-state index in [1.165, 1.54) is 0 Å². The number of urea groups is 1. The quantitative estimate of drug-likeness (QED) is 0.851. The Kier molecular flexibility index (Phi) is 4.04. The highest BCUT2D eigenvalue weighted by Crippen LogP contribution is 2.11.